The van der Waals surface area contributed by atoms with Crippen LogP contribution in [0.5, 0.6) is 11.5 Å². The monoisotopic (exact) mass is 430 g/mol. The Morgan fingerprint density at radius 3 is 2.70 bits per heavy atom. The number of benzene rings is 1. The summed E-state index contributed by atoms with van der Waals surface area (Å²) < 4.78 is 10.6. The van der Waals surface area contributed by atoms with Gasteiger partial charge in [-0.15, -0.1) is 11.3 Å². The summed E-state index contributed by atoms with van der Waals surface area (Å²) in [5, 5.41) is 12.0. The van der Waals surface area contributed by atoms with Crippen molar-refractivity contribution in [1.29, 1.82) is 0 Å². The molecule has 2 heterocycles. The molecule has 6 N–H and O–H groups in total. The van der Waals surface area contributed by atoms with E-state index in [1.165, 1.54) is 12.2 Å². The molecule has 0 saturated heterocycles. The number of carboxylic acids is 1. The second-order valence-corrected chi connectivity index (χ2v) is 7.26. The first-order valence-electron chi connectivity index (χ1n) is 8.65. The number of nitrogens with zero attached hydrogens (tertiary/aromatic N) is 1. The predicted octanol–water partition coefficient (Wildman–Crippen LogP) is 1.24. The minimum absolute atomic E-state index is 0.0892. The Kier molecular flexibility index (Phi) is 6.32. The maximum atomic E-state index is 12.6. The standard InChI is InChI=1S/C19H18N4O6S/c20-19(21)23-16(24)6-3-11-2-5-15(30-11)18(27)22-12(8-17(25)26)10-1-4-13-14(7-10)29-9-28-13/h1-7,12H,8-9H2,(H,22,27)(H,25,26)(H4,20,21,23,24)/b6-3+/t12-/m1/s1. The number of nitrogens with two attached hydrogens (primary N) is 2. The molecule has 156 valence electrons. The Morgan fingerprint density at radius 2 is 1.97 bits per heavy atom. The maximum absolute atomic E-state index is 12.6. The molecular formula is C19H18N4O6S. The Hall–Kier alpha value is -3.86. The van der Waals surface area contributed by atoms with Gasteiger partial charge in [0.25, 0.3) is 11.8 Å². The van der Waals surface area contributed by atoms with E-state index < -0.39 is 23.8 Å². The summed E-state index contributed by atoms with van der Waals surface area (Å²) in [6.45, 7) is 0.0892. The van der Waals surface area contributed by atoms with Crippen molar-refractivity contribution < 1.29 is 29.0 Å². The summed E-state index contributed by atoms with van der Waals surface area (Å²) in [4.78, 5) is 39.7. The summed E-state index contributed by atoms with van der Waals surface area (Å²) in [7, 11) is 0. The number of ether oxygens (including phenoxy) is 2. The highest BCUT2D eigenvalue weighted by atomic mass is 32.1. The van der Waals surface area contributed by atoms with E-state index >= 15 is 0 Å². The van der Waals surface area contributed by atoms with Crippen LogP contribution >= 0.6 is 11.3 Å². The second-order valence-electron chi connectivity index (χ2n) is 6.15. The van der Waals surface area contributed by atoms with E-state index in [2.05, 4.69) is 10.3 Å². The highest BCUT2D eigenvalue weighted by molar-refractivity contribution is 7.14. The lowest BCUT2D eigenvalue weighted by atomic mass is 10.0. The van der Waals surface area contributed by atoms with Crippen LogP contribution in [0, 0.1) is 0 Å². The number of amides is 2. The Bertz CT molecular complexity index is 1040. The second kappa shape index (κ2) is 9.09. The Balaban J connectivity index is 1.73. The summed E-state index contributed by atoms with van der Waals surface area (Å²) in [6, 6.07) is 7.44. The van der Waals surface area contributed by atoms with E-state index in [-0.39, 0.29) is 19.2 Å². The van der Waals surface area contributed by atoms with Crippen LogP contribution in [0.1, 0.15) is 32.6 Å². The van der Waals surface area contributed by atoms with Gasteiger partial charge in [-0.3, -0.25) is 14.4 Å². The highest BCUT2D eigenvalue weighted by Gasteiger charge is 2.23. The van der Waals surface area contributed by atoms with Gasteiger partial charge in [0.2, 0.25) is 6.79 Å². The van der Waals surface area contributed by atoms with Gasteiger partial charge in [0.1, 0.15) is 0 Å². The molecule has 0 bridgehead atoms. The molecule has 11 heteroatoms. The quantitative estimate of drug-likeness (QED) is 0.289. The van der Waals surface area contributed by atoms with Crippen molar-refractivity contribution in [2.24, 2.45) is 16.5 Å². The van der Waals surface area contributed by atoms with Gasteiger partial charge in [0.05, 0.1) is 17.3 Å². The molecule has 0 radical (unpaired) electrons. The van der Waals surface area contributed by atoms with Crippen molar-refractivity contribution in [3.8, 4) is 11.5 Å². The molecule has 10 nitrogen and oxygen atoms in total. The molecule has 1 aromatic carbocycles. The average Bonchev–Trinajstić information content (AvgIpc) is 3.33. The van der Waals surface area contributed by atoms with Gasteiger partial charge in [0.15, 0.2) is 17.5 Å². The number of aliphatic imine (C=N–C) groups is 1. The van der Waals surface area contributed by atoms with Gasteiger partial charge < -0.3 is 31.4 Å². The number of fused-ring (bicyclic) bond motifs is 1. The zero-order valence-electron chi connectivity index (χ0n) is 15.5. The van der Waals surface area contributed by atoms with Crippen LogP contribution in [0.3, 0.4) is 0 Å². The van der Waals surface area contributed by atoms with Crippen molar-refractivity contribution in [2.75, 3.05) is 6.79 Å². The van der Waals surface area contributed by atoms with Crippen molar-refractivity contribution in [3.63, 3.8) is 0 Å². The first kappa shape index (κ1) is 20.9. The predicted molar refractivity (Wildman–Crippen MR) is 109 cm³/mol. The van der Waals surface area contributed by atoms with Gasteiger partial charge in [-0.1, -0.05) is 6.07 Å². The van der Waals surface area contributed by atoms with Gasteiger partial charge in [-0.05, 0) is 35.9 Å². The van der Waals surface area contributed by atoms with Crippen molar-refractivity contribution >= 4 is 41.2 Å². The normalized spacial score (nSPS) is 13.1. The van der Waals surface area contributed by atoms with E-state index in [0.29, 0.717) is 26.8 Å². The van der Waals surface area contributed by atoms with Crippen LogP contribution in [-0.4, -0.2) is 35.6 Å². The maximum Gasteiger partial charge on any atom is 0.305 e. The number of nitrogens with one attached hydrogen (secondary N) is 1. The third-order valence-electron chi connectivity index (χ3n) is 3.96. The molecule has 0 unspecified atom stereocenters. The topological polar surface area (TPSA) is 166 Å². The van der Waals surface area contributed by atoms with Crippen molar-refractivity contribution in [1.82, 2.24) is 5.32 Å². The summed E-state index contributed by atoms with van der Waals surface area (Å²) in [5.74, 6) is -1.43. The van der Waals surface area contributed by atoms with Crippen LogP contribution in [0.25, 0.3) is 6.08 Å². The van der Waals surface area contributed by atoms with Gasteiger partial charge in [-0.25, -0.2) is 0 Å². The van der Waals surface area contributed by atoms with E-state index in [9.17, 15) is 19.5 Å². The number of hydrogen-bond acceptors (Lipinski definition) is 6. The summed E-state index contributed by atoms with van der Waals surface area (Å²) >= 11 is 1.12. The number of hydrogen-bond donors (Lipinski definition) is 4. The third-order valence-corrected chi connectivity index (χ3v) is 5.01. The molecule has 1 aliphatic rings. The number of aliphatic carboxylic acids is 1. The van der Waals surface area contributed by atoms with E-state index in [0.717, 1.165) is 11.3 Å². The summed E-state index contributed by atoms with van der Waals surface area (Å²) in [5.41, 5.74) is 10.8. The van der Waals surface area contributed by atoms with Crippen LogP contribution in [-0.2, 0) is 9.59 Å². The zero-order valence-corrected chi connectivity index (χ0v) is 16.3. The fourth-order valence-electron chi connectivity index (χ4n) is 2.67. The van der Waals surface area contributed by atoms with E-state index in [1.54, 1.807) is 30.3 Å². The first-order chi connectivity index (χ1) is 14.3. The SMILES string of the molecule is NC(N)=NC(=O)/C=C/c1ccc(C(=O)N[C@H](CC(=O)O)c2ccc3c(c2)OCO3)s1. The Morgan fingerprint density at radius 1 is 1.20 bits per heavy atom. The van der Waals surface area contributed by atoms with Crippen LogP contribution < -0.4 is 26.3 Å². The number of carbonyl (C=O) groups is 3. The molecular weight excluding hydrogens is 412 g/mol. The molecule has 0 aliphatic carbocycles. The lowest BCUT2D eigenvalue weighted by molar-refractivity contribution is -0.137. The lowest BCUT2D eigenvalue weighted by Crippen LogP contribution is -2.29. The number of carboxylic acid groups (broad SMARTS) is 1. The van der Waals surface area contributed by atoms with Crippen molar-refractivity contribution in [3.05, 3.63) is 51.7 Å². The molecule has 0 fully saturated rings. The van der Waals surface area contributed by atoms with Gasteiger partial charge in [0, 0.05) is 11.0 Å². The van der Waals surface area contributed by atoms with E-state index in [4.69, 9.17) is 20.9 Å². The fourth-order valence-corrected chi connectivity index (χ4v) is 3.48. The summed E-state index contributed by atoms with van der Waals surface area (Å²) in [6.07, 6.45) is 2.34. The number of carbonyl (C=O) groups excluding carboxylic acids is 2. The molecule has 2 amide bonds. The first-order valence-corrected chi connectivity index (χ1v) is 9.47. The molecule has 1 atom stereocenters. The number of rotatable bonds is 7. The third kappa shape index (κ3) is 5.35. The molecule has 3 rings (SSSR count). The average molecular weight is 430 g/mol. The van der Waals surface area contributed by atoms with Crippen molar-refractivity contribution in [2.45, 2.75) is 12.5 Å². The smallest absolute Gasteiger partial charge is 0.305 e. The van der Waals surface area contributed by atoms with Crippen LogP contribution in [0.15, 0.2) is 41.4 Å². The zero-order chi connectivity index (χ0) is 21.7. The number of thiophene rings is 1. The van der Waals surface area contributed by atoms with Gasteiger partial charge >= 0.3 is 5.97 Å². The Labute approximate surface area is 174 Å². The van der Waals surface area contributed by atoms with Crippen LogP contribution in [0.4, 0.5) is 0 Å². The highest BCUT2D eigenvalue weighted by Crippen LogP contribution is 2.35. The van der Waals surface area contributed by atoms with Crippen LogP contribution in [0.2, 0.25) is 0 Å². The number of guanidine groups is 1. The lowest BCUT2D eigenvalue weighted by Gasteiger charge is -2.17. The molecule has 0 spiro atoms. The molecule has 2 aromatic rings. The molecule has 1 aromatic heterocycles. The van der Waals surface area contributed by atoms with E-state index in [1.807, 2.05) is 0 Å². The molecule has 0 saturated carbocycles. The largest absolute Gasteiger partial charge is 0.481 e. The molecule has 30 heavy (non-hydrogen) atoms. The minimum Gasteiger partial charge on any atom is -0.481 e. The minimum atomic E-state index is -1.06. The fraction of sp³-hybridized carbons (Fsp3) is 0.158. The van der Waals surface area contributed by atoms with Gasteiger partial charge in [-0.2, -0.15) is 4.99 Å². The molecule has 1 aliphatic heterocycles.